The highest BCUT2D eigenvalue weighted by molar-refractivity contribution is 6.30. The minimum absolute atomic E-state index is 0.0949. The van der Waals surface area contributed by atoms with E-state index in [9.17, 15) is 0 Å². The van der Waals surface area contributed by atoms with Gasteiger partial charge in [0.2, 0.25) is 0 Å². The Kier molecular flexibility index (Phi) is 2.14. The number of epoxide rings is 1. The summed E-state index contributed by atoms with van der Waals surface area (Å²) < 4.78 is 10.6. The molecule has 0 N–H and O–H groups in total. The number of aromatic nitrogens is 1. The number of ether oxygens (including phenoxy) is 2. The SMILES string of the molecule is CC1(COc2cncc(Cl)c2)CO1. The molecular formula is C9H10ClNO2. The van der Waals surface area contributed by atoms with Crippen molar-refractivity contribution in [2.75, 3.05) is 13.2 Å². The van der Waals surface area contributed by atoms with Crippen LogP contribution in [0, 0.1) is 0 Å². The summed E-state index contributed by atoms with van der Waals surface area (Å²) in [6, 6.07) is 1.74. The zero-order valence-electron chi connectivity index (χ0n) is 7.29. The van der Waals surface area contributed by atoms with E-state index in [0.717, 1.165) is 6.61 Å². The predicted molar refractivity (Wildman–Crippen MR) is 49.1 cm³/mol. The summed E-state index contributed by atoms with van der Waals surface area (Å²) in [6.45, 7) is 3.32. The van der Waals surface area contributed by atoms with Crippen molar-refractivity contribution in [1.82, 2.24) is 4.98 Å². The molecule has 0 saturated carbocycles. The van der Waals surface area contributed by atoms with Crippen molar-refractivity contribution in [1.29, 1.82) is 0 Å². The van der Waals surface area contributed by atoms with Gasteiger partial charge in [-0.05, 0) is 6.92 Å². The van der Waals surface area contributed by atoms with Gasteiger partial charge in [-0.25, -0.2) is 0 Å². The van der Waals surface area contributed by atoms with Gasteiger partial charge in [0.05, 0.1) is 17.8 Å². The molecule has 13 heavy (non-hydrogen) atoms. The Bertz CT molecular complexity index is 312. The maximum atomic E-state index is 5.74. The third-order valence-electron chi connectivity index (χ3n) is 1.86. The first-order chi connectivity index (χ1) is 6.18. The number of rotatable bonds is 3. The molecule has 0 aromatic carbocycles. The molecule has 0 spiro atoms. The van der Waals surface area contributed by atoms with Crippen LogP contribution in [0.25, 0.3) is 0 Å². The third kappa shape index (κ3) is 2.32. The molecule has 1 unspecified atom stereocenters. The topological polar surface area (TPSA) is 34.6 Å². The monoisotopic (exact) mass is 199 g/mol. The predicted octanol–water partition coefficient (Wildman–Crippen LogP) is 1.90. The normalized spacial score (nSPS) is 25.7. The van der Waals surface area contributed by atoms with Gasteiger partial charge in [0.15, 0.2) is 0 Å². The Morgan fingerprint density at radius 3 is 3.08 bits per heavy atom. The maximum absolute atomic E-state index is 5.74. The molecule has 1 aromatic rings. The van der Waals surface area contributed by atoms with Crippen molar-refractivity contribution in [3.8, 4) is 5.75 Å². The van der Waals surface area contributed by atoms with E-state index in [4.69, 9.17) is 21.1 Å². The molecule has 1 saturated heterocycles. The number of pyridine rings is 1. The van der Waals surface area contributed by atoms with Crippen LogP contribution >= 0.6 is 11.6 Å². The lowest BCUT2D eigenvalue weighted by atomic mass is 10.2. The van der Waals surface area contributed by atoms with E-state index in [-0.39, 0.29) is 5.60 Å². The highest BCUT2D eigenvalue weighted by atomic mass is 35.5. The Balaban J connectivity index is 1.94. The van der Waals surface area contributed by atoms with Crippen LogP contribution in [0.5, 0.6) is 5.75 Å². The van der Waals surface area contributed by atoms with Gasteiger partial charge < -0.3 is 9.47 Å². The summed E-state index contributed by atoms with van der Waals surface area (Å²) in [4.78, 5) is 3.91. The molecule has 0 radical (unpaired) electrons. The lowest BCUT2D eigenvalue weighted by Crippen LogP contribution is -2.16. The van der Waals surface area contributed by atoms with E-state index < -0.39 is 0 Å². The third-order valence-corrected chi connectivity index (χ3v) is 2.07. The Morgan fingerprint density at radius 2 is 2.46 bits per heavy atom. The molecule has 0 bridgehead atoms. The van der Waals surface area contributed by atoms with Gasteiger partial charge in [-0.1, -0.05) is 11.6 Å². The van der Waals surface area contributed by atoms with Crippen LogP contribution in [0.4, 0.5) is 0 Å². The molecular weight excluding hydrogens is 190 g/mol. The van der Waals surface area contributed by atoms with Gasteiger partial charge in [-0.2, -0.15) is 0 Å². The largest absolute Gasteiger partial charge is 0.489 e. The molecule has 1 aliphatic heterocycles. The molecule has 4 heteroatoms. The Labute approximate surface area is 81.6 Å². The first-order valence-electron chi connectivity index (χ1n) is 4.05. The van der Waals surface area contributed by atoms with E-state index in [0.29, 0.717) is 17.4 Å². The highest BCUT2D eigenvalue weighted by Crippen LogP contribution is 2.27. The lowest BCUT2D eigenvalue weighted by molar-refractivity contribution is 0.202. The fourth-order valence-electron chi connectivity index (χ4n) is 0.914. The van der Waals surface area contributed by atoms with Crippen LogP contribution in [0.15, 0.2) is 18.5 Å². The quantitative estimate of drug-likeness (QED) is 0.698. The van der Waals surface area contributed by atoms with Gasteiger partial charge in [0.1, 0.15) is 18.0 Å². The van der Waals surface area contributed by atoms with Crippen LogP contribution in [-0.2, 0) is 4.74 Å². The summed E-state index contributed by atoms with van der Waals surface area (Å²) in [6.07, 6.45) is 3.21. The van der Waals surface area contributed by atoms with Crippen molar-refractivity contribution in [2.24, 2.45) is 0 Å². The summed E-state index contributed by atoms with van der Waals surface area (Å²) in [5.74, 6) is 0.684. The van der Waals surface area contributed by atoms with E-state index >= 15 is 0 Å². The van der Waals surface area contributed by atoms with Gasteiger partial charge in [-0.3, -0.25) is 4.98 Å². The second-order valence-corrected chi connectivity index (χ2v) is 3.80. The minimum Gasteiger partial charge on any atom is -0.489 e. The molecule has 1 fully saturated rings. The summed E-state index contributed by atoms with van der Waals surface area (Å²) >= 11 is 5.74. The van der Waals surface area contributed by atoms with Crippen LogP contribution in [0.3, 0.4) is 0 Å². The molecule has 2 heterocycles. The molecule has 2 rings (SSSR count). The van der Waals surface area contributed by atoms with Crippen LogP contribution in [0.2, 0.25) is 5.02 Å². The smallest absolute Gasteiger partial charge is 0.139 e. The number of hydrogen-bond donors (Lipinski definition) is 0. The summed E-state index contributed by atoms with van der Waals surface area (Å²) in [5, 5.41) is 0.583. The maximum Gasteiger partial charge on any atom is 0.139 e. The van der Waals surface area contributed by atoms with Crippen LogP contribution < -0.4 is 4.74 Å². The zero-order valence-corrected chi connectivity index (χ0v) is 8.04. The van der Waals surface area contributed by atoms with Gasteiger partial charge in [0.25, 0.3) is 0 Å². The molecule has 3 nitrogen and oxygen atoms in total. The highest BCUT2D eigenvalue weighted by Gasteiger charge is 2.40. The first kappa shape index (κ1) is 8.78. The zero-order chi connectivity index (χ0) is 9.31. The molecule has 0 amide bonds. The second-order valence-electron chi connectivity index (χ2n) is 3.37. The Hall–Kier alpha value is -0.800. The number of nitrogens with zero attached hydrogens (tertiary/aromatic N) is 1. The van der Waals surface area contributed by atoms with E-state index in [1.807, 2.05) is 6.92 Å². The van der Waals surface area contributed by atoms with Crippen molar-refractivity contribution in [3.63, 3.8) is 0 Å². The van der Waals surface area contributed by atoms with Crippen molar-refractivity contribution < 1.29 is 9.47 Å². The standard InChI is InChI=1S/C9H10ClNO2/c1-9(6-13-9)5-12-8-2-7(10)3-11-4-8/h2-4H,5-6H2,1H3. The fourth-order valence-corrected chi connectivity index (χ4v) is 1.08. The van der Waals surface area contributed by atoms with Gasteiger partial charge in [0, 0.05) is 12.3 Å². The molecule has 1 aliphatic rings. The van der Waals surface area contributed by atoms with E-state index in [1.165, 1.54) is 0 Å². The second kappa shape index (κ2) is 3.16. The molecule has 1 aromatic heterocycles. The van der Waals surface area contributed by atoms with Crippen LogP contribution in [-0.4, -0.2) is 23.8 Å². The van der Waals surface area contributed by atoms with Crippen molar-refractivity contribution in [2.45, 2.75) is 12.5 Å². The lowest BCUT2D eigenvalue weighted by Gasteiger charge is -2.07. The number of halogens is 1. The summed E-state index contributed by atoms with van der Waals surface area (Å²) in [5.41, 5.74) is -0.0949. The fraction of sp³-hybridized carbons (Fsp3) is 0.444. The molecule has 0 aliphatic carbocycles. The average molecular weight is 200 g/mol. The average Bonchev–Trinajstić information content (AvgIpc) is 2.82. The van der Waals surface area contributed by atoms with Crippen LogP contribution in [0.1, 0.15) is 6.92 Å². The first-order valence-corrected chi connectivity index (χ1v) is 4.43. The minimum atomic E-state index is -0.0949. The van der Waals surface area contributed by atoms with Gasteiger partial charge >= 0.3 is 0 Å². The van der Waals surface area contributed by atoms with Crippen molar-refractivity contribution in [3.05, 3.63) is 23.5 Å². The summed E-state index contributed by atoms with van der Waals surface area (Å²) in [7, 11) is 0. The van der Waals surface area contributed by atoms with Crippen molar-refractivity contribution >= 4 is 11.6 Å². The number of hydrogen-bond acceptors (Lipinski definition) is 3. The molecule has 1 atom stereocenters. The molecule has 70 valence electrons. The van der Waals surface area contributed by atoms with Gasteiger partial charge in [-0.15, -0.1) is 0 Å². The Morgan fingerprint density at radius 1 is 1.69 bits per heavy atom. The van der Waals surface area contributed by atoms with E-state index in [1.54, 1.807) is 18.5 Å². The van der Waals surface area contributed by atoms with E-state index in [2.05, 4.69) is 4.98 Å².